The molecule has 0 unspecified atom stereocenters. The fourth-order valence-electron chi connectivity index (χ4n) is 3.64. The minimum Gasteiger partial charge on any atom is -0.368 e. The van der Waals surface area contributed by atoms with Crippen molar-refractivity contribution in [3.8, 4) is 0 Å². The van der Waals surface area contributed by atoms with Gasteiger partial charge in [0.25, 0.3) is 5.91 Å². The standard InChI is InChI=1S/C22H19N3OS/c26-22(25-12-10-24(11-13-25)18-7-2-1-3-8-18)20-15-17-14-16-6-4-5-9-19(16)23-21(17)27-20/h1-9,14-15H,10-13H2. The molecule has 4 aromatic rings. The summed E-state index contributed by atoms with van der Waals surface area (Å²) in [7, 11) is 0. The lowest BCUT2D eigenvalue weighted by molar-refractivity contribution is 0.0751. The number of amides is 1. The number of carbonyl (C=O) groups excluding carboxylic acids is 1. The maximum atomic E-state index is 13.0. The van der Waals surface area contributed by atoms with Crippen LogP contribution < -0.4 is 4.90 Å². The van der Waals surface area contributed by atoms with Crippen LogP contribution in [0.15, 0.2) is 66.7 Å². The molecule has 1 amide bonds. The highest BCUT2D eigenvalue weighted by Crippen LogP contribution is 2.28. The molecule has 1 aliphatic heterocycles. The van der Waals surface area contributed by atoms with Gasteiger partial charge < -0.3 is 9.80 Å². The first-order valence-electron chi connectivity index (χ1n) is 9.16. The lowest BCUT2D eigenvalue weighted by atomic mass is 10.2. The molecule has 1 aliphatic rings. The number of hydrogen-bond acceptors (Lipinski definition) is 4. The molecule has 0 spiro atoms. The molecule has 0 aliphatic carbocycles. The summed E-state index contributed by atoms with van der Waals surface area (Å²) < 4.78 is 0. The number of benzene rings is 2. The normalized spacial score (nSPS) is 14.8. The molecule has 0 N–H and O–H groups in total. The van der Waals surface area contributed by atoms with Gasteiger partial charge in [-0.25, -0.2) is 4.98 Å². The molecule has 0 bridgehead atoms. The zero-order valence-electron chi connectivity index (χ0n) is 14.8. The van der Waals surface area contributed by atoms with Crippen LogP contribution in [-0.2, 0) is 0 Å². The van der Waals surface area contributed by atoms with Crippen molar-refractivity contribution < 1.29 is 4.79 Å². The lowest BCUT2D eigenvalue weighted by Crippen LogP contribution is -2.48. The average molecular weight is 373 g/mol. The number of piperazine rings is 1. The number of anilines is 1. The molecule has 5 heteroatoms. The summed E-state index contributed by atoms with van der Waals surface area (Å²) in [5.41, 5.74) is 2.20. The molecule has 27 heavy (non-hydrogen) atoms. The molecule has 0 atom stereocenters. The van der Waals surface area contributed by atoms with E-state index in [1.165, 1.54) is 17.0 Å². The van der Waals surface area contributed by atoms with Gasteiger partial charge in [-0.1, -0.05) is 36.4 Å². The van der Waals surface area contributed by atoms with E-state index in [0.29, 0.717) is 0 Å². The quantitative estimate of drug-likeness (QED) is 0.522. The Hall–Kier alpha value is -2.92. The Morgan fingerprint density at radius 3 is 2.41 bits per heavy atom. The maximum Gasteiger partial charge on any atom is 0.264 e. The molecular formula is C22H19N3OS. The van der Waals surface area contributed by atoms with Crippen molar-refractivity contribution >= 4 is 44.1 Å². The van der Waals surface area contributed by atoms with Crippen molar-refractivity contribution in [1.29, 1.82) is 0 Å². The summed E-state index contributed by atoms with van der Waals surface area (Å²) in [5.74, 6) is 0.120. The fourth-order valence-corrected chi connectivity index (χ4v) is 4.63. The number of nitrogens with zero attached hydrogens (tertiary/aromatic N) is 3. The van der Waals surface area contributed by atoms with Crippen LogP contribution in [0.3, 0.4) is 0 Å². The molecule has 0 saturated carbocycles. The number of fused-ring (bicyclic) bond motifs is 2. The van der Waals surface area contributed by atoms with Gasteiger partial charge in [0.05, 0.1) is 10.4 Å². The van der Waals surface area contributed by atoms with E-state index in [9.17, 15) is 4.79 Å². The summed E-state index contributed by atoms with van der Waals surface area (Å²) in [6, 6.07) is 22.6. The van der Waals surface area contributed by atoms with Crippen LogP contribution in [-0.4, -0.2) is 42.0 Å². The van der Waals surface area contributed by atoms with E-state index in [1.54, 1.807) is 0 Å². The minimum absolute atomic E-state index is 0.120. The van der Waals surface area contributed by atoms with E-state index in [0.717, 1.165) is 52.2 Å². The van der Waals surface area contributed by atoms with Crippen molar-refractivity contribution in [2.24, 2.45) is 0 Å². The Kier molecular flexibility index (Phi) is 4.02. The van der Waals surface area contributed by atoms with E-state index in [4.69, 9.17) is 4.98 Å². The maximum absolute atomic E-state index is 13.0. The third-order valence-electron chi connectivity index (χ3n) is 5.11. The predicted molar refractivity (Wildman–Crippen MR) is 112 cm³/mol. The summed E-state index contributed by atoms with van der Waals surface area (Å²) in [4.78, 5) is 23.7. The Labute approximate surface area is 161 Å². The van der Waals surface area contributed by atoms with Gasteiger partial charge in [0.2, 0.25) is 0 Å². The van der Waals surface area contributed by atoms with Gasteiger partial charge in [-0.15, -0.1) is 11.3 Å². The van der Waals surface area contributed by atoms with Gasteiger partial charge in [0.1, 0.15) is 4.83 Å². The first kappa shape index (κ1) is 16.3. The molecule has 4 nitrogen and oxygen atoms in total. The molecular weight excluding hydrogens is 354 g/mol. The lowest BCUT2D eigenvalue weighted by Gasteiger charge is -2.35. The smallest absolute Gasteiger partial charge is 0.264 e. The zero-order valence-corrected chi connectivity index (χ0v) is 15.7. The zero-order chi connectivity index (χ0) is 18.2. The third-order valence-corrected chi connectivity index (χ3v) is 6.14. The van der Waals surface area contributed by atoms with E-state index in [1.807, 2.05) is 35.2 Å². The summed E-state index contributed by atoms with van der Waals surface area (Å²) in [5, 5.41) is 2.16. The first-order chi connectivity index (χ1) is 13.3. The monoisotopic (exact) mass is 373 g/mol. The van der Waals surface area contributed by atoms with Crippen LogP contribution in [0.5, 0.6) is 0 Å². The second kappa shape index (κ2) is 6.67. The number of hydrogen-bond donors (Lipinski definition) is 0. The molecule has 5 rings (SSSR count). The van der Waals surface area contributed by atoms with Crippen LogP contribution in [0.4, 0.5) is 5.69 Å². The van der Waals surface area contributed by atoms with E-state index < -0.39 is 0 Å². The van der Waals surface area contributed by atoms with Crippen LogP contribution in [0, 0.1) is 0 Å². The Bertz CT molecular complexity index is 1060. The van der Waals surface area contributed by atoms with Gasteiger partial charge in [-0.05, 0) is 30.3 Å². The van der Waals surface area contributed by atoms with Crippen molar-refractivity contribution in [2.45, 2.75) is 0 Å². The molecule has 1 fully saturated rings. The Balaban J connectivity index is 1.36. The molecule has 2 aromatic heterocycles. The van der Waals surface area contributed by atoms with E-state index in [-0.39, 0.29) is 5.91 Å². The predicted octanol–water partition coefficient (Wildman–Crippen LogP) is 4.41. The molecule has 0 radical (unpaired) electrons. The number of rotatable bonds is 2. The van der Waals surface area contributed by atoms with Crippen molar-refractivity contribution in [3.05, 3.63) is 71.6 Å². The SMILES string of the molecule is O=C(c1cc2cc3ccccc3nc2s1)N1CCN(c2ccccc2)CC1. The first-order valence-corrected chi connectivity index (χ1v) is 9.98. The summed E-state index contributed by atoms with van der Waals surface area (Å²) >= 11 is 1.50. The second-order valence-corrected chi connectivity index (χ2v) is 7.83. The Morgan fingerprint density at radius 2 is 1.59 bits per heavy atom. The fraction of sp³-hybridized carbons (Fsp3) is 0.182. The number of aromatic nitrogens is 1. The number of thiophene rings is 1. The number of para-hydroxylation sites is 2. The van der Waals surface area contributed by atoms with Crippen molar-refractivity contribution in [3.63, 3.8) is 0 Å². The van der Waals surface area contributed by atoms with Crippen molar-refractivity contribution in [2.75, 3.05) is 31.1 Å². The topological polar surface area (TPSA) is 36.4 Å². The molecule has 1 saturated heterocycles. The van der Waals surface area contributed by atoms with Crippen LogP contribution in [0.1, 0.15) is 9.67 Å². The van der Waals surface area contributed by atoms with Crippen LogP contribution >= 0.6 is 11.3 Å². The average Bonchev–Trinajstić information content (AvgIpc) is 3.15. The highest BCUT2D eigenvalue weighted by molar-refractivity contribution is 7.20. The highest BCUT2D eigenvalue weighted by Gasteiger charge is 2.23. The van der Waals surface area contributed by atoms with E-state index in [2.05, 4.69) is 41.3 Å². The third kappa shape index (κ3) is 3.04. The molecule has 2 aromatic carbocycles. The van der Waals surface area contributed by atoms with Gasteiger partial charge in [0, 0.05) is 42.6 Å². The summed E-state index contributed by atoms with van der Waals surface area (Å²) in [6.45, 7) is 3.22. The second-order valence-electron chi connectivity index (χ2n) is 6.80. The molecule has 134 valence electrons. The molecule has 3 heterocycles. The number of carbonyl (C=O) groups is 1. The van der Waals surface area contributed by atoms with E-state index >= 15 is 0 Å². The Morgan fingerprint density at radius 1 is 0.852 bits per heavy atom. The summed E-state index contributed by atoms with van der Waals surface area (Å²) in [6.07, 6.45) is 0. The van der Waals surface area contributed by atoms with Gasteiger partial charge >= 0.3 is 0 Å². The largest absolute Gasteiger partial charge is 0.368 e. The minimum atomic E-state index is 0.120. The van der Waals surface area contributed by atoms with Crippen molar-refractivity contribution in [1.82, 2.24) is 9.88 Å². The van der Waals surface area contributed by atoms with Gasteiger partial charge in [-0.3, -0.25) is 4.79 Å². The number of pyridine rings is 1. The van der Waals surface area contributed by atoms with Crippen LogP contribution in [0.2, 0.25) is 0 Å². The van der Waals surface area contributed by atoms with Crippen LogP contribution in [0.25, 0.3) is 21.1 Å². The highest BCUT2D eigenvalue weighted by atomic mass is 32.1. The van der Waals surface area contributed by atoms with Gasteiger partial charge in [0.15, 0.2) is 0 Å². The van der Waals surface area contributed by atoms with Gasteiger partial charge in [-0.2, -0.15) is 0 Å².